The molecule has 2 amide bonds. The summed E-state index contributed by atoms with van der Waals surface area (Å²) in [5.41, 5.74) is 0.603. The zero-order valence-corrected chi connectivity index (χ0v) is 15.6. The highest BCUT2D eigenvalue weighted by atomic mass is 16.5. The first kappa shape index (κ1) is 19.9. The number of nitrogens with one attached hydrogen (secondary N) is 2. The molecular formula is C21H28N2O3. The predicted octanol–water partition coefficient (Wildman–Crippen LogP) is 3.14. The molecule has 5 nitrogen and oxygen atoms in total. The molecule has 2 aromatic carbocycles. The number of ether oxygens (including phenoxy) is 1. The Labute approximate surface area is 155 Å². The minimum Gasteiger partial charge on any atom is -0.381 e. The number of fused-ring (bicyclic) bond motifs is 1. The molecule has 0 atom stereocenters. The van der Waals surface area contributed by atoms with E-state index in [-0.39, 0.29) is 18.2 Å². The van der Waals surface area contributed by atoms with E-state index >= 15 is 0 Å². The number of carbonyl (C=O) groups excluding carboxylic acids is 2. The lowest BCUT2D eigenvalue weighted by Gasteiger charge is -2.09. The summed E-state index contributed by atoms with van der Waals surface area (Å²) in [5, 5.41) is 7.76. The van der Waals surface area contributed by atoms with E-state index in [4.69, 9.17) is 4.74 Å². The first-order valence-corrected chi connectivity index (χ1v) is 9.17. The van der Waals surface area contributed by atoms with Crippen molar-refractivity contribution in [2.45, 2.75) is 26.7 Å². The van der Waals surface area contributed by atoms with Gasteiger partial charge < -0.3 is 15.4 Å². The van der Waals surface area contributed by atoms with Gasteiger partial charge >= 0.3 is 0 Å². The Hall–Kier alpha value is -2.40. The average molecular weight is 356 g/mol. The molecule has 2 N–H and O–H groups in total. The molecule has 0 aromatic heterocycles. The molecule has 0 saturated heterocycles. The van der Waals surface area contributed by atoms with E-state index in [1.54, 1.807) is 6.07 Å². The molecule has 0 saturated carbocycles. The van der Waals surface area contributed by atoms with E-state index in [1.165, 1.54) is 0 Å². The second-order valence-electron chi connectivity index (χ2n) is 6.74. The maximum Gasteiger partial charge on any atom is 0.251 e. The lowest BCUT2D eigenvalue weighted by atomic mass is 10.1. The third-order valence-electron chi connectivity index (χ3n) is 3.89. The maximum atomic E-state index is 12.2. The fourth-order valence-corrected chi connectivity index (χ4v) is 2.53. The molecule has 26 heavy (non-hydrogen) atoms. The molecule has 140 valence electrons. The van der Waals surface area contributed by atoms with Crippen molar-refractivity contribution in [1.82, 2.24) is 10.6 Å². The van der Waals surface area contributed by atoms with Crippen LogP contribution in [0.4, 0.5) is 0 Å². The average Bonchev–Trinajstić information content (AvgIpc) is 2.63. The van der Waals surface area contributed by atoms with Crippen LogP contribution in [-0.2, 0) is 9.53 Å². The van der Waals surface area contributed by atoms with Crippen LogP contribution in [0.15, 0.2) is 42.5 Å². The quantitative estimate of drug-likeness (QED) is 0.643. The van der Waals surface area contributed by atoms with Crippen LogP contribution in [0.2, 0.25) is 0 Å². The molecule has 0 unspecified atom stereocenters. The van der Waals surface area contributed by atoms with E-state index in [0.29, 0.717) is 31.2 Å². The molecule has 2 aromatic rings. The van der Waals surface area contributed by atoms with Crippen molar-refractivity contribution in [2.75, 3.05) is 26.3 Å². The van der Waals surface area contributed by atoms with Gasteiger partial charge in [0.05, 0.1) is 0 Å². The fraction of sp³-hybridized carbons (Fsp3) is 0.429. The van der Waals surface area contributed by atoms with Gasteiger partial charge in [-0.1, -0.05) is 44.2 Å². The molecule has 0 aliphatic heterocycles. The van der Waals surface area contributed by atoms with Crippen LogP contribution < -0.4 is 10.6 Å². The lowest BCUT2D eigenvalue weighted by molar-refractivity contribution is -0.121. The van der Waals surface area contributed by atoms with Gasteiger partial charge in [-0.05, 0) is 35.2 Å². The summed E-state index contributed by atoms with van der Waals surface area (Å²) in [6.45, 7) is 6.52. The molecule has 5 heteroatoms. The highest BCUT2D eigenvalue weighted by molar-refractivity contribution is 5.98. The van der Waals surface area contributed by atoms with E-state index in [9.17, 15) is 9.59 Å². The summed E-state index contributed by atoms with van der Waals surface area (Å²) in [7, 11) is 0. The van der Waals surface area contributed by atoms with Gasteiger partial charge in [-0.2, -0.15) is 0 Å². The van der Waals surface area contributed by atoms with Crippen molar-refractivity contribution in [3.05, 3.63) is 48.0 Å². The van der Waals surface area contributed by atoms with Gasteiger partial charge in [0.15, 0.2) is 0 Å². The van der Waals surface area contributed by atoms with E-state index in [2.05, 4.69) is 24.5 Å². The molecular weight excluding hydrogens is 328 g/mol. The Balaban J connectivity index is 1.63. The number of carbonyl (C=O) groups is 2. The molecule has 0 bridgehead atoms. The molecule has 0 heterocycles. The van der Waals surface area contributed by atoms with Crippen molar-refractivity contribution in [1.29, 1.82) is 0 Å². The van der Waals surface area contributed by atoms with Crippen LogP contribution in [0.25, 0.3) is 10.8 Å². The highest BCUT2D eigenvalue weighted by Crippen LogP contribution is 2.15. The Kier molecular flexibility index (Phi) is 8.09. The summed E-state index contributed by atoms with van der Waals surface area (Å²) in [4.78, 5) is 24.0. The van der Waals surface area contributed by atoms with Crippen LogP contribution in [0, 0.1) is 5.92 Å². The van der Waals surface area contributed by atoms with Crippen molar-refractivity contribution in [3.8, 4) is 0 Å². The minimum atomic E-state index is -0.161. The Bertz CT molecular complexity index is 728. The van der Waals surface area contributed by atoms with Crippen molar-refractivity contribution >= 4 is 22.6 Å². The summed E-state index contributed by atoms with van der Waals surface area (Å²) >= 11 is 0. The zero-order chi connectivity index (χ0) is 18.8. The lowest BCUT2D eigenvalue weighted by Crippen LogP contribution is -2.31. The summed E-state index contributed by atoms with van der Waals surface area (Å²) < 4.78 is 5.46. The molecule has 2 rings (SSSR count). The van der Waals surface area contributed by atoms with Gasteiger partial charge in [-0.25, -0.2) is 0 Å². The van der Waals surface area contributed by atoms with Gasteiger partial charge in [-0.15, -0.1) is 0 Å². The molecule has 0 radical (unpaired) electrons. The summed E-state index contributed by atoms with van der Waals surface area (Å²) in [6, 6.07) is 13.5. The van der Waals surface area contributed by atoms with Crippen molar-refractivity contribution < 1.29 is 14.3 Å². The number of amides is 2. The number of benzene rings is 2. The van der Waals surface area contributed by atoms with Gasteiger partial charge in [0.2, 0.25) is 5.91 Å². The summed E-state index contributed by atoms with van der Waals surface area (Å²) in [5.74, 6) is 0.300. The molecule has 0 spiro atoms. The number of hydrogen-bond acceptors (Lipinski definition) is 3. The zero-order valence-electron chi connectivity index (χ0n) is 15.6. The normalized spacial score (nSPS) is 10.9. The van der Waals surface area contributed by atoms with Gasteiger partial charge in [0, 0.05) is 38.3 Å². The first-order valence-electron chi connectivity index (χ1n) is 9.17. The van der Waals surface area contributed by atoms with Crippen molar-refractivity contribution in [2.24, 2.45) is 5.92 Å². The Morgan fingerprint density at radius 3 is 2.54 bits per heavy atom. The third-order valence-corrected chi connectivity index (χ3v) is 3.89. The van der Waals surface area contributed by atoms with Crippen LogP contribution in [0.1, 0.15) is 37.0 Å². The molecule has 0 aliphatic rings. The molecule has 0 aliphatic carbocycles. The van der Waals surface area contributed by atoms with Gasteiger partial charge in [0.1, 0.15) is 0 Å². The smallest absolute Gasteiger partial charge is 0.251 e. The van der Waals surface area contributed by atoms with Gasteiger partial charge in [-0.3, -0.25) is 9.59 Å². The molecule has 0 fully saturated rings. The number of rotatable bonds is 10. The second-order valence-corrected chi connectivity index (χ2v) is 6.74. The van der Waals surface area contributed by atoms with E-state index in [1.807, 2.05) is 36.4 Å². The highest BCUT2D eigenvalue weighted by Gasteiger charge is 2.07. The first-order chi connectivity index (χ1) is 12.6. The topological polar surface area (TPSA) is 67.4 Å². The largest absolute Gasteiger partial charge is 0.381 e. The SMILES string of the molecule is CC(C)COCCCNC(=O)CCNC(=O)c1ccc2ccccc2c1. The van der Waals surface area contributed by atoms with E-state index < -0.39 is 0 Å². The van der Waals surface area contributed by atoms with Crippen LogP contribution in [-0.4, -0.2) is 38.1 Å². The maximum absolute atomic E-state index is 12.2. The third kappa shape index (κ3) is 6.84. The van der Waals surface area contributed by atoms with Crippen LogP contribution in [0.3, 0.4) is 0 Å². The summed E-state index contributed by atoms with van der Waals surface area (Å²) in [6.07, 6.45) is 1.06. The van der Waals surface area contributed by atoms with Crippen LogP contribution in [0.5, 0.6) is 0 Å². The van der Waals surface area contributed by atoms with Crippen LogP contribution >= 0.6 is 0 Å². The second kappa shape index (κ2) is 10.6. The van der Waals surface area contributed by atoms with E-state index in [0.717, 1.165) is 23.8 Å². The Morgan fingerprint density at radius 2 is 1.77 bits per heavy atom. The monoisotopic (exact) mass is 356 g/mol. The fourth-order valence-electron chi connectivity index (χ4n) is 2.53. The standard InChI is InChI=1S/C21H28N2O3/c1-16(2)15-26-13-5-11-22-20(24)10-12-23-21(25)19-9-8-17-6-3-4-7-18(17)14-19/h3-4,6-9,14,16H,5,10-13,15H2,1-2H3,(H,22,24)(H,23,25). The Morgan fingerprint density at radius 1 is 1.00 bits per heavy atom. The number of hydrogen-bond donors (Lipinski definition) is 2. The predicted molar refractivity (Wildman–Crippen MR) is 104 cm³/mol. The van der Waals surface area contributed by atoms with Crippen molar-refractivity contribution in [3.63, 3.8) is 0 Å². The van der Waals surface area contributed by atoms with Gasteiger partial charge in [0.25, 0.3) is 5.91 Å². The minimum absolute atomic E-state index is 0.0623.